The van der Waals surface area contributed by atoms with Gasteiger partial charge in [0.15, 0.2) is 0 Å². The van der Waals surface area contributed by atoms with Crippen molar-refractivity contribution in [3.05, 3.63) is 45.8 Å². The maximum atomic E-state index is 11.0. The Morgan fingerprint density at radius 1 is 1.25 bits per heavy atom. The van der Waals surface area contributed by atoms with Crippen LogP contribution in [0.1, 0.15) is 48.8 Å². The van der Waals surface area contributed by atoms with E-state index in [0.717, 1.165) is 41.8 Å². The number of aryl methyl sites for hydroxylation is 1. The summed E-state index contributed by atoms with van der Waals surface area (Å²) in [7, 11) is 0. The standard InChI is InChI=1S/C25H29N3O3S/c1-4-20-19-11-25(2,3)10-9-18(19)21(32-20)23-26-22(27-31-23)16-7-5-15(6-8-16)12-28-13-17(14-28)24(29)30/h5-8,17H,4,9-14H2,1-3H3,(H,29,30). The molecule has 32 heavy (non-hydrogen) atoms. The highest BCUT2D eigenvalue weighted by Crippen LogP contribution is 2.45. The summed E-state index contributed by atoms with van der Waals surface area (Å²) in [6.07, 6.45) is 4.41. The van der Waals surface area contributed by atoms with Crippen LogP contribution in [-0.2, 0) is 30.6 Å². The first-order chi connectivity index (χ1) is 15.3. The second-order valence-electron chi connectivity index (χ2n) is 9.86. The predicted octanol–water partition coefficient (Wildman–Crippen LogP) is 5.06. The minimum absolute atomic E-state index is 0.227. The molecule has 0 unspecified atom stereocenters. The van der Waals surface area contributed by atoms with E-state index < -0.39 is 5.97 Å². The SMILES string of the molecule is CCc1sc(-c2nc(-c3ccc(CN4CC(C(=O)O)C4)cc3)no2)c2c1CC(C)(C)CC2. The van der Waals surface area contributed by atoms with E-state index in [1.807, 2.05) is 23.5 Å². The Morgan fingerprint density at radius 2 is 2.00 bits per heavy atom. The molecule has 0 saturated carbocycles. The van der Waals surface area contributed by atoms with Gasteiger partial charge in [0.25, 0.3) is 5.89 Å². The number of benzene rings is 1. The summed E-state index contributed by atoms with van der Waals surface area (Å²) in [5.74, 6) is 0.309. The number of aliphatic carboxylic acids is 1. The zero-order valence-corrected chi connectivity index (χ0v) is 19.7. The third-order valence-corrected chi connectivity index (χ3v) is 8.18. The van der Waals surface area contributed by atoms with Crippen LogP contribution in [0.5, 0.6) is 0 Å². The third kappa shape index (κ3) is 3.99. The number of hydrogen-bond donors (Lipinski definition) is 1. The second kappa shape index (κ2) is 8.12. The van der Waals surface area contributed by atoms with Gasteiger partial charge < -0.3 is 9.63 Å². The Morgan fingerprint density at radius 3 is 2.69 bits per heavy atom. The van der Waals surface area contributed by atoms with E-state index in [1.54, 1.807) is 0 Å². The molecule has 0 bridgehead atoms. The van der Waals surface area contributed by atoms with Crippen molar-refractivity contribution in [2.75, 3.05) is 13.1 Å². The molecule has 5 rings (SSSR count). The van der Waals surface area contributed by atoms with Crippen LogP contribution in [0.2, 0.25) is 0 Å². The third-order valence-electron chi connectivity index (χ3n) is 6.77. The predicted molar refractivity (Wildman–Crippen MR) is 125 cm³/mol. The number of fused-ring (bicyclic) bond motifs is 1. The molecule has 1 aliphatic heterocycles. The number of thiophene rings is 1. The number of hydrogen-bond acceptors (Lipinski definition) is 6. The molecule has 1 aromatic carbocycles. The molecule has 0 amide bonds. The molecule has 2 aromatic heterocycles. The summed E-state index contributed by atoms with van der Waals surface area (Å²) in [4.78, 5) is 20.4. The number of likely N-dealkylation sites (tertiary alicyclic amines) is 1. The molecule has 2 aliphatic rings. The van der Waals surface area contributed by atoms with Gasteiger partial charge >= 0.3 is 5.97 Å². The van der Waals surface area contributed by atoms with Crippen molar-refractivity contribution in [3.8, 4) is 22.2 Å². The molecule has 1 fully saturated rings. The van der Waals surface area contributed by atoms with Gasteiger partial charge in [0.1, 0.15) is 0 Å². The lowest BCUT2D eigenvalue weighted by molar-refractivity contribution is -0.147. The topological polar surface area (TPSA) is 79.5 Å². The molecular formula is C25H29N3O3S. The normalized spacial score (nSPS) is 18.3. The van der Waals surface area contributed by atoms with Crippen LogP contribution in [0.15, 0.2) is 28.8 Å². The monoisotopic (exact) mass is 451 g/mol. The molecule has 3 heterocycles. The maximum absolute atomic E-state index is 11.0. The summed E-state index contributed by atoms with van der Waals surface area (Å²) >= 11 is 1.81. The second-order valence-corrected chi connectivity index (χ2v) is 11.0. The number of carboxylic acid groups (broad SMARTS) is 1. The smallest absolute Gasteiger partial charge is 0.309 e. The largest absolute Gasteiger partial charge is 0.481 e. The van der Waals surface area contributed by atoms with Crippen LogP contribution in [0, 0.1) is 11.3 Å². The molecule has 168 valence electrons. The van der Waals surface area contributed by atoms with Crippen molar-refractivity contribution in [1.29, 1.82) is 0 Å². The fourth-order valence-corrected chi connectivity index (χ4v) is 6.04. The quantitative estimate of drug-likeness (QED) is 0.564. The number of carboxylic acids is 1. The lowest BCUT2D eigenvalue weighted by Gasteiger charge is -2.36. The van der Waals surface area contributed by atoms with Gasteiger partial charge in [-0.2, -0.15) is 4.98 Å². The summed E-state index contributed by atoms with van der Waals surface area (Å²) < 4.78 is 5.72. The van der Waals surface area contributed by atoms with Crippen molar-refractivity contribution >= 4 is 17.3 Å². The zero-order chi connectivity index (χ0) is 22.5. The minimum Gasteiger partial charge on any atom is -0.481 e. The molecule has 1 aliphatic carbocycles. The molecule has 6 nitrogen and oxygen atoms in total. The van der Waals surface area contributed by atoms with E-state index in [0.29, 0.717) is 30.2 Å². The van der Waals surface area contributed by atoms with Crippen molar-refractivity contribution in [3.63, 3.8) is 0 Å². The average Bonchev–Trinajstić information content (AvgIpc) is 3.34. The highest BCUT2D eigenvalue weighted by Gasteiger charge is 2.33. The first-order valence-electron chi connectivity index (χ1n) is 11.3. The van der Waals surface area contributed by atoms with Gasteiger partial charge in [-0.15, -0.1) is 11.3 Å². The van der Waals surface area contributed by atoms with E-state index in [9.17, 15) is 4.79 Å². The maximum Gasteiger partial charge on any atom is 0.309 e. The number of nitrogens with zero attached hydrogens (tertiary/aromatic N) is 3. The summed E-state index contributed by atoms with van der Waals surface area (Å²) in [6.45, 7) is 8.93. The molecule has 7 heteroatoms. The molecular weight excluding hydrogens is 422 g/mol. The Labute approximate surface area is 192 Å². The van der Waals surface area contributed by atoms with Crippen LogP contribution in [0.4, 0.5) is 0 Å². The van der Waals surface area contributed by atoms with E-state index in [2.05, 4.69) is 43.0 Å². The van der Waals surface area contributed by atoms with Crippen LogP contribution >= 0.6 is 11.3 Å². The van der Waals surface area contributed by atoms with Crippen LogP contribution < -0.4 is 0 Å². The molecule has 1 saturated heterocycles. The Hall–Kier alpha value is -2.51. The Kier molecular flexibility index (Phi) is 5.42. The summed E-state index contributed by atoms with van der Waals surface area (Å²) in [5, 5.41) is 13.3. The van der Waals surface area contributed by atoms with Crippen LogP contribution in [-0.4, -0.2) is 39.2 Å². The zero-order valence-electron chi connectivity index (χ0n) is 18.9. The molecule has 0 atom stereocenters. The van der Waals surface area contributed by atoms with Crippen LogP contribution in [0.25, 0.3) is 22.2 Å². The van der Waals surface area contributed by atoms with Gasteiger partial charge in [-0.3, -0.25) is 9.69 Å². The Bertz CT molecular complexity index is 1140. The van der Waals surface area contributed by atoms with Gasteiger partial charge in [0.2, 0.25) is 5.82 Å². The van der Waals surface area contributed by atoms with E-state index in [-0.39, 0.29) is 5.92 Å². The number of carbonyl (C=O) groups is 1. The van der Waals surface area contributed by atoms with Crippen molar-refractivity contribution < 1.29 is 14.4 Å². The highest BCUT2D eigenvalue weighted by molar-refractivity contribution is 7.15. The molecule has 0 radical (unpaired) electrons. The molecule has 1 N–H and O–H groups in total. The lowest BCUT2D eigenvalue weighted by atomic mass is 9.74. The van der Waals surface area contributed by atoms with Gasteiger partial charge in [0.05, 0.1) is 10.8 Å². The summed E-state index contributed by atoms with van der Waals surface area (Å²) in [6, 6.07) is 8.15. The molecule has 0 spiro atoms. The van der Waals surface area contributed by atoms with E-state index in [1.165, 1.54) is 22.4 Å². The van der Waals surface area contributed by atoms with E-state index in [4.69, 9.17) is 14.6 Å². The van der Waals surface area contributed by atoms with Gasteiger partial charge in [-0.05, 0) is 47.8 Å². The first-order valence-corrected chi connectivity index (χ1v) is 12.2. The van der Waals surface area contributed by atoms with Crippen molar-refractivity contribution in [1.82, 2.24) is 15.0 Å². The van der Waals surface area contributed by atoms with Crippen LogP contribution in [0.3, 0.4) is 0 Å². The number of aromatic nitrogens is 2. The lowest BCUT2D eigenvalue weighted by Crippen LogP contribution is -2.49. The number of rotatable bonds is 6. The fourth-order valence-electron chi connectivity index (χ4n) is 4.82. The van der Waals surface area contributed by atoms with Gasteiger partial charge in [0, 0.05) is 30.1 Å². The van der Waals surface area contributed by atoms with Gasteiger partial charge in [-0.25, -0.2) is 0 Å². The Balaban J connectivity index is 1.33. The fraction of sp³-hybridized carbons (Fsp3) is 0.480. The highest BCUT2D eigenvalue weighted by atomic mass is 32.1. The molecule has 3 aromatic rings. The van der Waals surface area contributed by atoms with Crippen molar-refractivity contribution in [2.24, 2.45) is 11.3 Å². The average molecular weight is 452 g/mol. The van der Waals surface area contributed by atoms with Gasteiger partial charge in [-0.1, -0.05) is 50.2 Å². The minimum atomic E-state index is -0.703. The van der Waals surface area contributed by atoms with E-state index >= 15 is 0 Å². The summed E-state index contributed by atoms with van der Waals surface area (Å²) in [5.41, 5.74) is 5.35. The van der Waals surface area contributed by atoms with Crippen molar-refractivity contribution in [2.45, 2.75) is 53.0 Å². The first kappa shape index (κ1) is 21.3.